The van der Waals surface area contributed by atoms with Crippen LogP contribution in [0, 0.1) is 0 Å². The summed E-state index contributed by atoms with van der Waals surface area (Å²) in [6.07, 6.45) is 3.33. The Balaban J connectivity index is 1.78. The van der Waals surface area contributed by atoms with E-state index in [1.807, 2.05) is 0 Å². The molecule has 0 aromatic rings. The summed E-state index contributed by atoms with van der Waals surface area (Å²) in [5, 5.41) is 12.5. The lowest BCUT2D eigenvalue weighted by Gasteiger charge is -2.34. The number of ether oxygens (including phenoxy) is 1. The molecule has 4 nitrogen and oxygen atoms in total. The third kappa shape index (κ3) is 2.91. The lowest BCUT2D eigenvalue weighted by molar-refractivity contribution is -0.0421. The van der Waals surface area contributed by atoms with Crippen LogP contribution >= 0.6 is 0 Å². The van der Waals surface area contributed by atoms with Crippen LogP contribution in [0.15, 0.2) is 0 Å². The van der Waals surface area contributed by atoms with E-state index in [4.69, 9.17) is 4.74 Å². The molecule has 15 heavy (non-hydrogen) atoms. The molecule has 0 radical (unpaired) electrons. The predicted octanol–water partition coefficient (Wildman–Crippen LogP) is -0.180. The van der Waals surface area contributed by atoms with Crippen LogP contribution < -0.4 is 5.32 Å². The van der Waals surface area contributed by atoms with Gasteiger partial charge in [-0.1, -0.05) is 6.92 Å². The summed E-state index contributed by atoms with van der Waals surface area (Å²) < 4.78 is 5.78. The second-order valence-corrected chi connectivity index (χ2v) is 4.61. The van der Waals surface area contributed by atoms with Crippen molar-refractivity contribution in [1.82, 2.24) is 10.2 Å². The fourth-order valence-electron chi connectivity index (χ4n) is 2.64. The molecule has 0 aromatic heterocycles. The van der Waals surface area contributed by atoms with Gasteiger partial charge in [-0.25, -0.2) is 0 Å². The number of fused-ring (bicyclic) bond motifs is 2. The molecule has 4 heteroatoms. The summed E-state index contributed by atoms with van der Waals surface area (Å²) in [6, 6.07) is 0.215. The van der Waals surface area contributed by atoms with Crippen molar-refractivity contribution in [3.63, 3.8) is 0 Å². The van der Waals surface area contributed by atoms with Gasteiger partial charge in [0.15, 0.2) is 0 Å². The Kier molecular flexibility index (Phi) is 3.97. The molecule has 0 aromatic carbocycles. The number of hydrogen-bond donors (Lipinski definition) is 2. The van der Waals surface area contributed by atoms with E-state index in [0.29, 0.717) is 12.2 Å². The minimum Gasteiger partial charge on any atom is -0.395 e. The fraction of sp³-hybridized carbons (Fsp3) is 1.00. The standard InChI is InChI=1S/C11H22N2O2/c1-2-12-9(8-14)5-13-6-10-3-4-11(7-13)15-10/h9-12,14H,2-8H2,1H3. The van der Waals surface area contributed by atoms with E-state index >= 15 is 0 Å². The molecule has 2 aliphatic heterocycles. The number of aliphatic hydroxyl groups is 1. The summed E-state index contributed by atoms with van der Waals surface area (Å²) >= 11 is 0. The van der Waals surface area contributed by atoms with E-state index in [1.165, 1.54) is 12.8 Å². The van der Waals surface area contributed by atoms with E-state index in [1.54, 1.807) is 0 Å². The topological polar surface area (TPSA) is 44.7 Å². The Labute approximate surface area is 91.6 Å². The molecule has 0 spiro atoms. The van der Waals surface area contributed by atoms with Gasteiger partial charge in [-0.3, -0.25) is 4.90 Å². The molecule has 0 amide bonds. The molecule has 2 saturated heterocycles. The molecule has 3 atom stereocenters. The van der Waals surface area contributed by atoms with Gasteiger partial charge in [-0.2, -0.15) is 0 Å². The highest BCUT2D eigenvalue weighted by Gasteiger charge is 2.34. The first-order chi connectivity index (χ1) is 7.31. The Morgan fingerprint density at radius 2 is 2.07 bits per heavy atom. The quantitative estimate of drug-likeness (QED) is 0.666. The number of aliphatic hydroxyl groups excluding tert-OH is 1. The SMILES string of the molecule is CCNC(CO)CN1CC2CCC(C1)O2. The van der Waals surface area contributed by atoms with Gasteiger partial charge in [0, 0.05) is 25.7 Å². The van der Waals surface area contributed by atoms with Gasteiger partial charge >= 0.3 is 0 Å². The average molecular weight is 214 g/mol. The first kappa shape index (κ1) is 11.3. The first-order valence-electron chi connectivity index (χ1n) is 6.04. The zero-order chi connectivity index (χ0) is 10.7. The number of morpholine rings is 1. The zero-order valence-electron chi connectivity index (χ0n) is 9.48. The van der Waals surface area contributed by atoms with Gasteiger partial charge in [0.25, 0.3) is 0 Å². The van der Waals surface area contributed by atoms with Gasteiger partial charge < -0.3 is 15.2 Å². The van der Waals surface area contributed by atoms with Gasteiger partial charge in [0.2, 0.25) is 0 Å². The zero-order valence-corrected chi connectivity index (χ0v) is 9.48. The fourth-order valence-corrected chi connectivity index (χ4v) is 2.64. The summed E-state index contributed by atoms with van der Waals surface area (Å²) in [4.78, 5) is 2.43. The van der Waals surface area contributed by atoms with E-state index < -0.39 is 0 Å². The molecular weight excluding hydrogens is 192 g/mol. The highest BCUT2D eigenvalue weighted by Crippen LogP contribution is 2.26. The average Bonchev–Trinajstić information content (AvgIpc) is 2.57. The number of likely N-dealkylation sites (N-methyl/N-ethyl adjacent to an activating group) is 1. The minimum absolute atomic E-state index is 0.215. The molecule has 2 aliphatic rings. The molecule has 3 unspecified atom stereocenters. The third-order valence-corrected chi connectivity index (χ3v) is 3.31. The van der Waals surface area contributed by atoms with Crippen molar-refractivity contribution in [3.05, 3.63) is 0 Å². The van der Waals surface area contributed by atoms with E-state index in [0.717, 1.165) is 26.2 Å². The third-order valence-electron chi connectivity index (χ3n) is 3.31. The Bertz CT molecular complexity index is 189. The molecule has 0 aliphatic carbocycles. The summed E-state index contributed by atoms with van der Waals surface area (Å²) in [5.74, 6) is 0. The molecule has 88 valence electrons. The molecule has 0 saturated carbocycles. The van der Waals surface area contributed by atoms with Crippen molar-refractivity contribution in [3.8, 4) is 0 Å². The molecule has 2 fully saturated rings. The maximum atomic E-state index is 9.21. The van der Waals surface area contributed by atoms with Crippen molar-refractivity contribution in [1.29, 1.82) is 0 Å². The number of likely N-dealkylation sites (tertiary alicyclic amines) is 1. The predicted molar refractivity (Wildman–Crippen MR) is 58.9 cm³/mol. The largest absolute Gasteiger partial charge is 0.395 e. The smallest absolute Gasteiger partial charge is 0.0707 e. The summed E-state index contributed by atoms with van der Waals surface area (Å²) in [5.41, 5.74) is 0. The molecule has 2 heterocycles. The Morgan fingerprint density at radius 1 is 1.40 bits per heavy atom. The highest BCUT2D eigenvalue weighted by molar-refractivity contribution is 4.86. The second-order valence-electron chi connectivity index (χ2n) is 4.61. The van der Waals surface area contributed by atoms with Crippen molar-refractivity contribution >= 4 is 0 Å². The van der Waals surface area contributed by atoms with Crippen molar-refractivity contribution < 1.29 is 9.84 Å². The van der Waals surface area contributed by atoms with Crippen LogP contribution in [0.25, 0.3) is 0 Å². The molecule has 2 bridgehead atoms. The molecule has 2 rings (SSSR count). The maximum absolute atomic E-state index is 9.21. The van der Waals surface area contributed by atoms with Crippen LogP contribution in [0.1, 0.15) is 19.8 Å². The summed E-state index contributed by atoms with van der Waals surface area (Å²) in [7, 11) is 0. The number of hydrogen-bond acceptors (Lipinski definition) is 4. The van der Waals surface area contributed by atoms with Crippen molar-refractivity contribution in [2.75, 3.05) is 32.8 Å². The van der Waals surface area contributed by atoms with E-state index in [-0.39, 0.29) is 12.6 Å². The van der Waals surface area contributed by atoms with Gasteiger partial charge in [0.1, 0.15) is 0 Å². The highest BCUT2D eigenvalue weighted by atomic mass is 16.5. The van der Waals surface area contributed by atoms with Crippen LogP contribution in [0.5, 0.6) is 0 Å². The number of nitrogens with zero attached hydrogens (tertiary/aromatic N) is 1. The normalized spacial score (nSPS) is 33.2. The van der Waals surface area contributed by atoms with Crippen molar-refractivity contribution in [2.24, 2.45) is 0 Å². The number of nitrogens with one attached hydrogen (secondary N) is 1. The van der Waals surface area contributed by atoms with Gasteiger partial charge in [-0.05, 0) is 19.4 Å². The van der Waals surface area contributed by atoms with Crippen LogP contribution in [-0.4, -0.2) is 61.0 Å². The van der Waals surface area contributed by atoms with Gasteiger partial charge in [0.05, 0.1) is 18.8 Å². The van der Waals surface area contributed by atoms with E-state index in [2.05, 4.69) is 17.1 Å². The van der Waals surface area contributed by atoms with Crippen LogP contribution in [0.3, 0.4) is 0 Å². The van der Waals surface area contributed by atoms with E-state index in [9.17, 15) is 5.11 Å². The monoisotopic (exact) mass is 214 g/mol. The maximum Gasteiger partial charge on any atom is 0.0707 e. The second kappa shape index (κ2) is 5.25. The molecule has 2 N–H and O–H groups in total. The lowest BCUT2D eigenvalue weighted by Crippen LogP contribution is -2.49. The van der Waals surface area contributed by atoms with Crippen molar-refractivity contribution in [2.45, 2.75) is 38.0 Å². The minimum atomic E-state index is 0.215. The molecular formula is C11H22N2O2. The lowest BCUT2D eigenvalue weighted by atomic mass is 10.2. The van der Waals surface area contributed by atoms with Crippen LogP contribution in [0.4, 0.5) is 0 Å². The van der Waals surface area contributed by atoms with Crippen LogP contribution in [-0.2, 0) is 4.74 Å². The van der Waals surface area contributed by atoms with Gasteiger partial charge in [-0.15, -0.1) is 0 Å². The Hall–Kier alpha value is -0.160. The van der Waals surface area contributed by atoms with Crippen LogP contribution in [0.2, 0.25) is 0 Å². The number of rotatable bonds is 5. The first-order valence-corrected chi connectivity index (χ1v) is 6.04. The Morgan fingerprint density at radius 3 is 2.60 bits per heavy atom. The summed E-state index contributed by atoms with van der Waals surface area (Å²) in [6.45, 7) is 6.24.